The number of fused-ring (bicyclic) bond motifs is 1. The average molecular weight is 446 g/mol. The molecule has 3 aliphatic rings. The molecule has 6 heteroatoms. The van der Waals surface area contributed by atoms with Crippen molar-refractivity contribution in [1.29, 1.82) is 0 Å². The van der Waals surface area contributed by atoms with E-state index in [-0.39, 0.29) is 17.9 Å². The highest BCUT2D eigenvalue weighted by Crippen LogP contribution is 2.27. The van der Waals surface area contributed by atoms with Gasteiger partial charge in [0, 0.05) is 23.4 Å². The first-order chi connectivity index (χ1) is 16.1. The van der Waals surface area contributed by atoms with Crippen molar-refractivity contribution in [2.24, 2.45) is 0 Å². The molecule has 1 saturated heterocycles. The quantitative estimate of drug-likeness (QED) is 0.703. The zero-order valence-electron chi connectivity index (χ0n) is 18.9. The fourth-order valence-electron chi connectivity index (χ4n) is 4.87. The number of nitrogens with one attached hydrogen (secondary N) is 2. The smallest absolute Gasteiger partial charge is 0.251 e. The lowest BCUT2D eigenvalue weighted by Gasteiger charge is -2.27. The second-order valence-electron chi connectivity index (χ2n) is 9.26. The first-order valence-electron chi connectivity index (χ1n) is 12.0. The number of likely N-dealkylation sites (tertiary alicyclic amines) is 1. The van der Waals surface area contributed by atoms with Crippen LogP contribution in [0, 0.1) is 0 Å². The van der Waals surface area contributed by atoms with Gasteiger partial charge < -0.3 is 15.4 Å². The van der Waals surface area contributed by atoms with E-state index in [1.807, 2.05) is 6.08 Å². The second kappa shape index (κ2) is 9.79. The first-order valence-corrected chi connectivity index (χ1v) is 12.0. The van der Waals surface area contributed by atoms with Gasteiger partial charge in [-0.15, -0.1) is 0 Å². The molecule has 1 atom stereocenters. The molecular formula is C27H31N3O3. The van der Waals surface area contributed by atoms with Crippen LogP contribution < -0.4 is 15.4 Å². The molecular weight excluding hydrogens is 414 g/mol. The lowest BCUT2D eigenvalue weighted by molar-refractivity contribution is -0.112. The largest absolute Gasteiger partial charge is 0.491 e. The van der Waals surface area contributed by atoms with E-state index in [4.69, 9.17) is 4.74 Å². The Bertz CT molecular complexity index is 1050. The molecule has 33 heavy (non-hydrogen) atoms. The number of amides is 2. The number of rotatable bonds is 6. The van der Waals surface area contributed by atoms with Gasteiger partial charge in [0.2, 0.25) is 0 Å². The molecule has 1 fully saturated rings. The van der Waals surface area contributed by atoms with E-state index >= 15 is 0 Å². The summed E-state index contributed by atoms with van der Waals surface area (Å²) in [4.78, 5) is 27.5. The molecule has 2 heterocycles. The number of hydrogen-bond acceptors (Lipinski definition) is 4. The zero-order valence-corrected chi connectivity index (χ0v) is 18.9. The van der Waals surface area contributed by atoms with Gasteiger partial charge in [0.25, 0.3) is 11.8 Å². The molecule has 0 unspecified atom stereocenters. The molecule has 0 radical (unpaired) electrons. The Morgan fingerprint density at radius 2 is 1.82 bits per heavy atom. The summed E-state index contributed by atoms with van der Waals surface area (Å²) in [5.41, 5.74) is 4.53. The van der Waals surface area contributed by atoms with Crippen LogP contribution in [0.15, 0.2) is 54.1 Å². The predicted octanol–water partition coefficient (Wildman–Crippen LogP) is 4.06. The predicted molar refractivity (Wildman–Crippen MR) is 128 cm³/mol. The molecule has 1 aliphatic carbocycles. The van der Waals surface area contributed by atoms with E-state index in [2.05, 4.69) is 33.7 Å². The molecule has 172 valence electrons. The fourth-order valence-corrected chi connectivity index (χ4v) is 4.87. The Morgan fingerprint density at radius 1 is 1.00 bits per heavy atom. The van der Waals surface area contributed by atoms with Gasteiger partial charge >= 0.3 is 0 Å². The third kappa shape index (κ3) is 5.28. The van der Waals surface area contributed by atoms with Crippen molar-refractivity contribution < 1.29 is 14.3 Å². The van der Waals surface area contributed by atoms with E-state index in [0.29, 0.717) is 17.9 Å². The van der Waals surface area contributed by atoms with E-state index in [0.717, 1.165) is 49.1 Å². The number of ether oxygens (including phenoxy) is 1. The summed E-state index contributed by atoms with van der Waals surface area (Å²) in [5, 5.41) is 5.99. The Morgan fingerprint density at radius 3 is 2.58 bits per heavy atom. The SMILES string of the molecule is O=C(Nc1ccc(C(=O)N[C@H]2COc3cc(CN4CCCC4)ccc3C2)cc1)C1=CCCC1. The monoisotopic (exact) mass is 445 g/mol. The van der Waals surface area contributed by atoms with Crippen LogP contribution >= 0.6 is 0 Å². The number of nitrogens with zero attached hydrogens (tertiary/aromatic N) is 1. The molecule has 2 aromatic carbocycles. The molecule has 0 saturated carbocycles. The van der Waals surface area contributed by atoms with Crippen LogP contribution in [0.1, 0.15) is 53.6 Å². The summed E-state index contributed by atoms with van der Waals surface area (Å²) in [6, 6.07) is 13.4. The van der Waals surface area contributed by atoms with Crippen molar-refractivity contribution in [3.63, 3.8) is 0 Å². The number of benzene rings is 2. The van der Waals surface area contributed by atoms with E-state index in [1.54, 1.807) is 24.3 Å². The van der Waals surface area contributed by atoms with Gasteiger partial charge in [-0.2, -0.15) is 0 Å². The van der Waals surface area contributed by atoms with E-state index in [1.165, 1.54) is 31.5 Å². The van der Waals surface area contributed by atoms with Crippen LogP contribution in [-0.2, 0) is 17.8 Å². The van der Waals surface area contributed by atoms with Crippen LogP contribution in [0.5, 0.6) is 5.75 Å². The standard InChI is InChI=1S/C27H31N3O3/c31-26(20-5-1-2-6-20)28-23-11-9-21(10-12-23)27(32)29-24-16-22-8-7-19(15-25(22)33-18-24)17-30-13-3-4-14-30/h5,7-12,15,24H,1-4,6,13-14,16-18H2,(H,28,31)(H,29,32)/t24-/m1/s1. The Hall–Kier alpha value is -3.12. The molecule has 0 aromatic heterocycles. The lowest BCUT2D eigenvalue weighted by atomic mass is 10.00. The van der Waals surface area contributed by atoms with Gasteiger partial charge in [-0.3, -0.25) is 14.5 Å². The maximum Gasteiger partial charge on any atom is 0.251 e. The Labute approximate surface area is 195 Å². The van der Waals surface area contributed by atoms with Gasteiger partial charge in [-0.25, -0.2) is 0 Å². The highest BCUT2D eigenvalue weighted by Gasteiger charge is 2.23. The second-order valence-corrected chi connectivity index (χ2v) is 9.26. The van der Waals surface area contributed by atoms with Crippen LogP contribution in [0.4, 0.5) is 5.69 Å². The number of allylic oxidation sites excluding steroid dienone is 1. The van der Waals surface area contributed by atoms with Crippen molar-refractivity contribution in [2.75, 3.05) is 25.0 Å². The van der Waals surface area contributed by atoms with Crippen molar-refractivity contribution >= 4 is 17.5 Å². The van der Waals surface area contributed by atoms with E-state index < -0.39 is 0 Å². The summed E-state index contributed by atoms with van der Waals surface area (Å²) < 4.78 is 6.00. The van der Waals surface area contributed by atoms with Crippen molar-refractivity contribution in [2.45, 2.75) is 51.1 Å². The van der Waals surface area contributed by atoms with Crippen molar-refractivity contribution in [3.8, 4) is 5.75 Å². The van der Waals surface area contributed by atoms with Gasteiger partial charge in [0.1, 0.15) is 12.4 Å². The maximum atomic E-state index is 12.7. The summed E-state index contributed by atoms with van der Waals surface area (Å²) in [7, 11) is 0. The normalized spacial score (nSPS) is 20.0. The van der Waals surface area contributed by atoms with Crippen LogP contribution in [0.25, 0.3) is 0 Å². The molecule has 2 N–H and O–H groups in total. The Kier molecular flexibility index (Phi) is 6.44. The number of carbonyl (C=O) groups is 2. The van der Waals surface area contributed by atoms with Crippen molar-refractivity contribution in [1.82, 2.24) is 10.2 Å². The molecule has 2 amide bonds. The third-order valence-electron chi connectivity index (χ3n) is 6.72. The highest BCUT2D eigenvalue weighted by molar-refractivity contribution is 6.04. The summed E-state index contributed by atoms with van der Waals surface area (Å²) >= 11 is 0. The summed E-state index contributed by atoms with van der Waals surface area (Å²) in [6.07, 6.45) is 8.17. The number of hydrogen-bond donors (Lipinski definition) is 2. The topological polar surface area (TPSA) is 70.7 Å². The number of anilines is 1. The van der Waals surface area contributed by atoms with Gasteiger partial charge in [0.05, 0.1) is 6.04 Å². The van der Waals surface area contributed by atoms with Gasteiger partial charge in [-0.05, 0) is 93.1 Å². The maximum absolute atomic E-state index is 12.7. The molecule has 2 aliphatic heterocycles. The van der Waals surface area contributed by atoms with Crippen LogP contribution in [-0.4, -0.2) is 42.5 Å². The molecule has 0 bridgehead atoms. The zero-order chi connectivity index (χ0) is 22.6. The highest BCUT2D eigenvalue weighted by atomic mass is 16.5. The molecule has 2 aromatic rings. The Balaban J connectivity index is 1.15. The molecule has 5 rings (SSSR count). The van der Waals surface area contributed by atoms with Crippen LogP contribution in [0.3, 0.4) is 0 Å². The third-order valence-corrected chi connectivity index (χ3v) is 6.72. The van der Waals surface area contributed by atoms with Crippen LogP contribution in [0.2, 0.25) is 0 Å². The minimum absolute atomic E-state index is 0.0497. The molecule has 6 nitrogen and oxygen atoms in total. The fraction of sp³-hybridized carbons (Fsp3) is 0.407. The first kappa shape index (κ1) is 21.7. The van der Waals surface area contributed by atoms with Gasteiger partial charge in [-0.1, -0.05) is 18.2 Å². The summed E-state index contributed by atoms with van der Waals surface area (Å²) in [5.74, 6) is 0.759. The van der Waals surface area contributed by atoms with E-state index in [9.17, 15) is 9.59 Å². The number of carbonyl (C=O) groups excluding carboxylic acids is 2. The average Bonchev–Trinajstić information content (AvgIpc) is 3.54. The lowest BCUT2D eigenvalue weighted by Crippen LogP contribution is -2.42. The van der Waals surface area contributed by atoms with Crippen molar-refractivity contribution in [3.05, 3.63) is 70.8 Å². The minimum Gasteiger partial charge on any atom is -0.491 e. The molecule has 0 spiro atoms. The minimum atomic E-state index is -0.130. The summed E-state index contributed by atoms with van der Waals surface area (Å²) in [6.45, 7) is 3.80. The van der Waals surface area contributed by atoms with Gasteiger partial charge in [0.15, 0.2) is 0 Å².